The van der Waals surface area contributed by atoms with Crippen LogP contribution in [0.5, 0.6) is 11.5 Å². The number of nitrogens with zero attached hydrogens (tertiary/aromatic N) is 2. The third-order valence-electron chi connectivity index (χ3n) is 4.68. The minimum Gasteiger partial charge on any atom is -0.488 e. The molecule has 1 saturated heterocycles. The molecular weight excluding hydrogens is 517 g/mol. The summed E-state index contributed by atoms with van der Waals surface area (Å²) in [5, 5.41) is 18.8. The SMILES string of the molecule is CC(NP(=O)(O)OOc1ccc(F)cc1OC[C@H]1S[C@@H](n2ccc(N)nc2=O)[C@@H](F)[C@@H]1O)C(=O)O. The first-order valence-electron chi connectivity index (χ1n) is 9.82. The van der Waals surface area contributed by atoms with E-state index >= 15 is 0 Å². The molecule has 1 aromatic heterocycles. The highest BCUT2D eigenvalue weighted by Crippen LogP contribution is 2.44. The van der Waals surface area contributed by atoms with E-state index in [4.69, 9.17) is 20.5 Å². The van der Waals surface area contributed by atoms with Crippen molar-refractivity contribution in [1.29, 1.82) is 0 Å². The van der Waals surface area contributed by atoms with Crippen LogP contribution in [0.3, 0.4) is 0 Å². The Morgan fingerprint density at radius 3 is 2.77 bits per heavy atom. The standard InChI is InChI=1S/C18H21F2N4O9PS/c1-8(17(26)27)23-34(29,30)33-32-10-3-2-9(19)6-11(10)31-7-12-15(25)14(20)16(35-12)24-5-4-13(21)22-18(24)28/h2-6,8,12,14-16,25H,7H2,1H3,(H,26,27)(H2,21,22,28)(H2,23,29,30)/t8?,12-,14+,15-,16-/m1/s1. The van der Waals surface area contributed by atoms with E-state index in [9.17, 15) is 32.9 Å². The van der Waals surface area contributed by atoms with Gasteiger partial charge in [-0.25, -0.2) is 23.2 Å². The normalized spacial score (nSPS) is 24.5. The molecular formula is C18H21F2N4O9PS. The Balaban J connectivity index is 1.68. The van der Waals surface area contributed by atoms with Crippen LogP contribution in [0.4, 0.5) is 14.6 Å². The number of hydrogen-bond donors (Lipinski definition) is 5. The largest absolute Gasteiger partial charge is 0.488 e. The number of nitrogens with one attached hydrogen (secondary N) is 1. The number of carboxylic acids is 1. The molecule has 0 amide bonds. The molecule has 1 fully saturated rings. The van der Waals surface area contributed by atoms with Gasteiger partial charge in [-0.15, -0.1) is 11.8 Å². The number of aliphatic hydroxyl groups is 1. The van der Waals surface area contributed by atoms with Crippen molar-refractivity contribution in [2.45, 2.75) is 35.9 Å². The first-order chi connectivity index (χ1) is 16.4. The van der Waals surface area contributed by atoms with E-state index in [0.29, 0.717) is 0 Å². The van der Waals surface area contributed by atoms with Crippen molar-refractivity contribution in [2.24, 2.45) is 0 Å². The monoisotopic (exact) mass is 538 g/mol. The van der Waals surface area contributed by atoms with Crippen molar-refractivity contribution in [3.05, 3.63) is 46.8 Å². The quantitative estimate of drug-likeness (QED) is 0.162. The third-order valence-corrected chi connectivity index (χ3v) is 7.20. The lowest BCUT2D eigenvalue weighted by atomic mass is 10.1. The Kier molecular flexibility index (Phi) is 8.35. The van der Waals surface area contributed by atoms with Crippen LogP contribution < -0.4 is 26.1 Å². The van der Waals surface area contributed by atoms with Crippen molar-refractivity contribution >= 4 is 31.3 Å². The number of halogens is 2. The summed E-state index contributed by atoms with van der Waals surface area (Å²) in [6, 6.07) is 2.62. The van der Waals surface area contributed by atoms with Crippen molar-refractivity contribution in [1.82, 2.24) is 14.6 Å². The van der Waals surface area contributed by atoms with Crippen LogP contribution >= 0.6 is 19.5 Å². The lowest BCUT2D eigenvalue weighted by Gasteiger charge is -2.18. The van der Waals surface area contributed by atoms with Gasteiger partial charge in [-0.1, -0.05) is 4.67 Å². The van der Waals surface area contributed by atoms with Crippen LogP contribution in [0.25, 0.3) is 0 Å². The molecule has 1 aliphatic rings. The number of nitrogen functional groups attached to an aromatic ring is 1. The average Bonchev–Trinajstić information content (AvgIpc) is 3.05. The molecule has 192 valence electrons. The molecule has 3 rings (SSSR count). The Bertz CT molecular complexity index is 1190. The third kappa shape index (κ3) is 6.68. The molecule has 0 aliphatic carbocycles. The Hall–Kier alpha value is -2.75. The number of carboxylic acid groups (broad SMARTS) is 1. The summed E-state index contributed by atoms with van der Waals surface area (Å²) in [5.74, 6) is -2.95. The lowest BCUT2D eigenvalue weighted by Crippen LogP contribution is -2.34. The van der Waals surface area contributed by atoms with Gasteiger partial charge in [0.1, 0.15) is 35.8 Å². The topological polar surface area (TPSA) is 195 Å². The summed E-state index contributed by atoms with van der Waals surface area (Å²) in [6.45, 7) is 0.705. The average molecular weight is 538 g/mol. The zero-order valence-electron chi connectivity index (χ0n) is 17.9. The summed E-state index contributed by atoms with van der Waals surface area (Å²) in [7, 11) is -4.75. The van der Waals surface area contributed by atoms with Gasteiger partial charge in [-0.2, -0.15) is 4.98 Å². The summed E-state index contributed by atoms with van der Waals surface area (Å²) in [5.41, 5.74) is 4.62. The minimum absolute atomic E-state index is 0.0500. The van der Waals surface area contributed by atoms with Crippen LogP contribution in [-0.2, 0) is 14.0 Å². The molecule has 1 aromatic carbocycles. The highest BCUT2D eigenvalue weighted by molar-refractivity contribution is 8.00. The molecule has 35 heavy (non-hydrogen) atoms. The van der Waals surface area contributed by atoms with E-state index < -0.39 is 54.2 Å². The number of alkyl halides is 1. The molecule has 0 spiro atoms. The number of aliphatic carboxylic acids is 1. The zero-order valence-corrected chi connectivity index (χ0v) is 19.6. The first kappa shape index (κ1) is 26.8. The predicted octanol–water partition coefficient (Wildman–Crippen LogP) is 0.830. The van der Waals surface area contributed by atoms with Gasteiger partial charge in [0.15, 0.2) is 11.9 Å². The number of rotatable bonds is 10. The number of ether oxygens (including phenoxy) is 1. The number of aliphatic hydroxyl groups excluding tert-OH is 1. The van der Waals surface area contributed by atoms with Crippen LogP contribution in [0, 0.1) is 5.82 Å². The van der Waals surface area contributed by atoms with Crippen LogP contribution in [0.2, 0.25) is 0 Å². The van der Waals surface area contributed by atoms with Gasteiger partial charge in [-0.3, -0.25) is 9.36 Å². The Labute approximate surface area is 200 Å². The fourth-order valence-electron chi connectivity index (χ4n) is 2.93. The fraction of sp³-hybridized carbons (Fsp3) is 0.389. The molecule has 2 aromatic rings. The maximum Gasteiger partial charge on any atom is 0.440 e. The molecule has 2 heterocycles. The number of thioether (sulfide) groups is 1. The summed E-state index contributed by atoms with van der Waals surface area (Å²) >= 11 is 0.873. The number of carbonyl (C=O) groups is 1. The van der Waals surface area contributed by atoms with Crippen molar-refractivity contribution < 1.29 is 47.5 Å². The molecule has 13 nitrogen and oxygen atoms in total. The molecule has 6 N–H and O–H groups in total. The van der Waals surface area contributed by atoms with E-state index in [1.165, 1.54) is 12.3 Å². The van der Waals surface area contributed by atoms with Gasteiger partial charge in [0.25, 0.3) is 0 Å². The van der Waals surface area contributed by atoms with E-state index in [0.717, 1.165) is 41.5 Å². The maximum absolute atomic E-state index is 14.7. The van der Waals surface area contributed by atoms with E-state index in [1.54, 1.807) is 5.09 Å². The second kappa shape index (κ2) is 10.9. The number of anilines is 1. The maximum atomic E-state index is 14.7. The molecule has 0 radical (unpaired) electrons. The van der Waals surface area contributed by atoms with Crippen LogP contribution in [-0.4, -0.2) is 60.8 Å². The van der Waals surface area contributed by atoms with E-state index in [-0.39, 0.29) is 23.9 Å². The molecule has 17 heteroatoms. The van der Waals surface area contributed by atoms with Gasteiger partial charge in [0.05, 0.1) is 5.25 Å². The number of benzene rings is 1. The van der Waals surface area contributed by atoms with Gasteiger partial charge in [0, 0.05) is 12.3 Å². The van der Waals surface area contributed by atoms with Crippen LogP contribution in [0.1, 0.15) is 12.3 Å². The van der Waals surface area contributed by atoms with Crippen molar-refractivity contribution in [3.63, 3.8) is 0 Å². The molecule has 1 aliphatic heterocycles. The Morgan fingerprint density at radius 1 is 1.40 bits per heavy atom. The molecule has 6 atom stereocenters. The Morgan fingerprint density at radius 2 is 2.11 bits per heavy atom. The number of aromatic nitrogens is 2. The van der Waals surface area contributed by atoms with Gasteiger partial charge < -0.3 is 30.5 Å². The smallest absolute Gasteiger partial charge is 0.440 e. The highest BCUT2D eigenvalue weighted by atomic mass is 32.2. The van der Waals surface area contributed by atoms with Crippen molar-refractivity contribution in [3.8, 4) is 11.5 Å². The van der Waals surface area contributed by atoms with Gasteiger partial charge >= 0.3 is 19.4 Å². The second-order valence-corrected chi connectivity index (χ2v) is 10.1. The lowest BCUT2D eigenvalue weighted by molar-refractivity contribution is -0.139. The summed E-state index contributed by atoms with van der Waals surface area (Å²) in [6.07, 6.45) is -2.19. The van der Waals surface area contributed by atoms with E-state index in [2.05, 4.69) is 9.66 Å². The van der Waals surface area contributed by atoms with Gasteiger partial charge in [-0.05, 0) is 25.1 Å². The van der Waals surface area contributed by atoms with E-state index in [1.807, 2.05) is 0 Å². The predicted molar refractivity (Wildman–Crippen MR) is 118 cm³/mol. The minimum atomic E-state index is -4.75. The van der Waals surface area contributed by atoms with Gasteiger partial charge in [0.2, 0.25) is 5.75 Å². The first-order valence-corrected chi connectivity index (χ1v) is 12.3. The van der Waals surface area contributed by atoms with Crippen LogP contribution in [0.15, 0.2) is 35.3 Å². The molecule has 0 saturated carbocycles. The molecule has 0 bridgehead atoms. The highest BCUT2D eigenvalue weighted by Gasteiger charge is 2.45. The number of nitrogens with two attached hydrogens (primary N) is 1. The molecule has 2 unspecified atom stereocenters. The van der Waals surface area contributed by atoms with Crippen molar-refractivity contribution in [2.75, 3.05) is 12.3 Å². The summed E-state index contributed by atoms with van der Waals surface area (Å²) < 4.78 is 51.2. The summed E-state index contributed by atoms with van der Waals surface area (Å²) in [4.78, 5) is 40.8. The fourth-order valence-corrected chi connectivity index (χ4v) is 5.18. The second-order valence-electron chi connectivity index (χ2n) is 7.31. The zero-order chi connectivity index (χ0) is 25.9. The number of hydrogen-bond acceptors (Lipinski definition) is 10.